The minimum absolute atomic E-state index is 0.117. The molecule has 0 saturated carbocycles. The highest BCUT2D eigenvalue weighted by Gasteiger charge is 2.51. The maximum absolute atomic E-state index is 5.50. The number of allylic oxidation sites excluding steroid dienone is 5. The Bertz CT molecular complexity index is 3120. The van der Waals surface area contributed by atoms with Gasteiger partial charge in [0.1, 0.15) is 5.84 Å². The summed E-state index contributed by atoms with van der Waals surface area (Å²) in [6, 6.07) is 58.2. The second-order valence-corrected chi connectivity index (χ2v) is 16.0. The number of fused-ring (bicyclic) bond motifs is 14. The lowest BCUT2D eigenvalue weighted by Gasteiger charge is -2.30. The summed E-state index contributed by atoms with van der Waals surface area (Å²) < 4.78 is 2.45. The first-order valence-electron chi connectivity index (χ1n) is 20.4. The van der Waals surface area contributed by atoms with E-state index in [4.69, 9.17) is 9.98 Å². The topological polar surface area (TPSA) is 29.6 Å². The first-order chi connectivity index (χ1) is 28.7. The van der Waals surface area contributed by atoms with Crippen molar-refractivity contribution >= 4 is 33.5 Å². The second-order valence-electron chi connectivity index (χ2n) is 16.0. The summed E-state index contributed by atoms with van der Waals surface area (Å²) >= 11 is 0. The molecule has 0 radical (unpaired) electrons. The van der Waals surface area contributed by atoms with Gasteiger partial charge in [0.15, 0.2) is 5.84 Å². The van der Waals surface area contributed by atoms with Crippen LogP contribution in [0.2, 0.25) is 0 Å². The first-order valence-corrected chi connectivity index (χ1v) is 20.4. The van der Waals surface area contributed by atoms with Crippen molar-refractivity contribution in [1.29, 1.82) is 0 Å². The minimum Gasteiger partial charge on any atom is -0.297 e. The lowest BCUT2D eigenvalue weighted by Crippen LogP contribution is -2.25. The molecule has 2 heterocycles. The largest absolute Gasteiger partial charge is 0.297 e. The molecule has 8 aromatic rings. The fourth-order valence-corrected chi connectivity index (χ4v) is 10.6. The summed E-state index contributed by atoms with van der Waals surface area (Å²) in [5.41, 5.74) is 18.6. The molecule has 0 saturated heterocycles. The number of benzene rings is 7. The van der Waals surface area contributed by atoms with Crippen LogP contribution in [-0.4, -0.2) is 16.2 Å². The lowest BCUT2D eigenvalue weighted by molar-refractivity contribution is 0.730. The Labute approximate surface area is 338 Å². The smallest absolute Gasteiger partial charge is 0.157 e. The van der Waals surface area contributed by atoms with Gasteiger partial charge in [-0.3, -0.25) is 9.56 Å². The Hall–Kier alpha value is -7.10. The van der Waals surface area contributed by atoms with Crippen LogP contribution < -0.4 is 0 Å². The van der Waals surface area contributed by atoms with Crippen LogP contribution in [0, 0.1) is 0 Å². The fraction of sp³-hybridized carbons (Fsp3) is 0.0909. The van der Waals surface area contributed by atoms with E-state index >= 15 is 0 Å². The number of rotatable bonds is 2. The molecule has 0 amide bonds. The van der Waals surface area contributed by atoms with Gasteiger partial charge in [0, 0.05) is 22.8 Å². The summed E-state index contributed by atoms with van der Waals surface area (Å²) in [4.78, 5) is 11.0. The lowest BCUT2D eigenvalue weighted by atomic mass is 9.70. The Kier molecular flexibility index (Phi) is 7.25. The highest BCUT2D eigenvalue weighted by atomic mass is 15.1. The van der Waals surface area contributed by atoms with Crippen LogP contribution in [0.5, 0.6) is 0 Å². The standard InChI is InChI=1S/C55H39N3/c1-35-17-4-2-7-21-38-37(31-35)20-16-26-42(38)50-34-53(57-54(56-50)36-18-5-3-6-19-36)58-51-30-15-11-25-43(51)45-32-49-44(33-52(45)58)41-24-10-14-29-48(41)55(49)46-27-12-8-22-39(46)40-23-9-13-28-47(40)55/h2-20,22-30,32-33,50H,1,21,31,34H2/b7-2-,17-4-. The van der Waals surface area contributed by atoms with E-state index in [-0.39, 0.29) is 6.04 Å². The molecule has 0 fully saturated rings. The molecule has 7 aromatic carbocycles. The molecule has 1 spiro atoms. The Balaban J connectivity index is 1.11. The van der Waals surface area contributed by atoms with Crippen LogP contribution in [-0.2, 0) is 18.3 Å². The van der Waals surface area contributed by atoms with Crippen LogP contribution in [0.3, 0.4) is 0 Å². The van der Waals surface area contributed by atoms with Crippen molar-refractivity contribution in [1.82, 2.24) is 4.57 Å². The van der Waals surface area contributed by atoms with Gasteiger partial charge in [-0.1, -0.05) is 176 Å². The summed E-state index contributed by atoms with van der Waals surface area (Å²) in [6.07, 6.45) is 11.0. The van der Waals surface area contributed by atoms with Gasteiger partial charge < -0.3 is 0 Å². The average molecular weight is 742 g/mol. The summed E-state index contributed by atoms with van der Waals surface area (Å²) in [5, 5.41) is 2.47. The predicted octanol–water partition coefficient (Wildman–Crippen LogP) is 12.7. The second kappa shape index (κ2) is 12.7. The van der Waals surface area contributed by atoms with Gasteiger partial charge >= 0.3 is 0 Å². The monoisotopic (exact) mass is 741 g/mol. The molecule has 3 nitrogen and oxygen atoms in total. The third kappa shape index (κ3) is 4.68. The predicted molar refractivity (Wildman–Crippen MR) is 240 cm³/mol. The molecule has 1 atom stereocenters. The number of aliphatic imine (C=N–C) groups is 2. The molecule has 12 rings (SSSR count). The Morgan fingerprint density at radius 1 is 0.586 bits per heavy atom. The van der Waals surface area contributed by atoms with Crippen LogP contribution in [0.4, 0.5) is 0 Å². The van der Waals surface area contributed by atoms with E-state index in [1.807, 2.05) is 0 Å². The molecule has 1 aromatic heterocycles. The van der Waals surface area contributed by atoms with Gasteiger partial charge in [0.2, 0.25) is 0 Å². The van der Waals surface area contributed by atoms with E-state index in [1.165, 1.54) is 77.5 Å². The molecule has 274 valence electrons. The van der Waals surface area contributed by atoms with Crippen LogP contribution in [0.1, 0.15) is 57.0 Å². The number of amidine groups is 1. The molecular formula is C55H39N3. The molecular weight excluding hydrogens is 703 g/mol. The van der Waals surface area contributed by atoms with E-state index in [1.54, 1.807) is 0 Å². The highest BCUT2D eigenvalue weighted by molar-refractivity contribution is 6.19. The van der Waals surface area contributed by atoms with Crippen LogP contribution >= 0.6 is 0 Å². The maximum Gasteiger partial charge on any atom is 0.157 e. The third-order valence-electron chi connectivity index (χ3n) is 13.0. The number of aromatic nitrogens is 1. The molecule has 1 aliphatic heterocycles. The quantitative estimate of drug-likeness (QED) is 0.169. The molecule has 4 aliphatic rings. The fourth-order valence-electron chi connectivity index (χ4n) is 10.6. The molecule has 1 unspecified atom stereocenters. The van der Waals surface area contributed by atoms with E-state index in [0.717, 1.165) is 41.2 Å². The molecule has 3 heteroatoms. The summed E-state index contributed by atoms with van der Waals surface area (Å²) in [5.74, 6) is 1.77. The van der Waals surface area contributed by atoms with Crippen molar-refractivity contribution in [2.75, 3.05) is 0 Å². The first kappa shape index (κ1) is 33.1. The van der Waals surface area contributed by atoms with Crippen molar-refractivity contribution in [3.63, 3.8) is 0 Å². The van der Waals surface area contributed by atoms with Gasteiger partial charge in [-0.2, -0.15) is 0 Å². The van der Waals surface area contributed by atoms with Crippen molar-refractivity contribution in [2.45, 2.75) is 30.7 Å². The van der Waals surface area contributed by atoms with Crippen LogP contribution in [0.15, 0.2) is 204 Å². The summed E-state index contributed by atoms with van der Waals surface area (Å²) in [7, 11) is 0. The van der Waals surface area contributed by atoms with Crippen molar-refractivity contribution < 1.29 is 0 Å². The third-order valence-corrected chi connectivity index (χ3v) is 13.0. The molecule has 0 N–H and O–H groups in total. The zero-order valence-electron chi connectivity index (χ0n) is 32.1. The maximum atomic E-state index is 5.50. The molecule has 3 aliphatic carbocycles. The van der Waals surface area contributed by atoms with Gasteiger partial charge in [-0.15, -0.1) is 0 Å². The van der Waals surface area contributed by atoms with Gasteiger partial charge in [-0.05, 0) is 92.2 Å². The van der Waals surface area contributed by atoms with Crippen LogP contribution in [0.25, 0.3) is 44.1 Å². The zero-order valence-corrected chi connectivity index (χ0v) is 32.1. The zero-order chi connectivity index (χ0) is 38.4. The van der Waals surface area contributed by atoms with Gasteiger partial charge in [0.25, 0.3) is 0 Å². The van der Waals surface area contributed by atoms with E-state index in [2.05, 4.69) is 193 Å². The SMILES string of the molecule is C=C1/C=C\C=C/Cc2c(cccc2C2CC(n3c4ccccc4c4cc5c(cc43)-c3ccccc3C53c4ccccc4-c4ccccc43)=NC(c3ccccc3)=N2)C1. The van der Waals surface area contributed by atoms with Crippen molar-refractivity contribution in [3.8, 4) is 22.3 Å². The van der Waals surface area contributed by atoms with Crippen molar-refractivity contribution in [2.24, 2.45) is 9.98 Å². The Morgan fingerprint density at radius 3 is 2.02 bits per heavy atom. The number of hydrogen-bond acceptors (Lipinski definition) is 2. The number of para-hydroxylation sites is 1. The van der Waals surface area contributed by atoms with Crippen molar-refractivity contribution in [3.05, 3.63) is 239 Å². The molecule has 58 heavy (non-hydrogen) atoms. The summed E-state index contributed by atoms with van der Waals surface area (Å²) in [6.45, 7) is 4.37. The average Bonchev–Trinajstić information content (AvgIpc) is 3.89. The number of nitrogens with zero attached hydrogens (tertiary/aromatic N) is 3. The van der Waals surface area contributed by atoms with E-state index in [0.29, 0.717) is 6.42 Å². The van der Waals surface area contributed by atoms with E-state index in [9.17, 15) is 0 Å². The highest BCUT2D eigenvalue weighted by Crippen LogP contribution is 2.63. The number of hydrogen-bond donors (Lipinski definition) is 0. The Morgan fingerprint density at radius 2 is 1.26 bits per heavy atom. The van der Waals surface area contributed by atoms with Gasteiger partial charge in [-0.25, -0.2) is 4.99 Å². The normalized spacial score (nSPS) is 18.3. The van der Waals surface area contributed by atoms with E-state index < -0.39 is 5.41 Å². The minimum atomic E-state index is -0.407. The van der Waals surface area contributed by atoms with Gasteiger partial charge in [0.05, 0.1) is 22.5 Å². The molecule has 0 bridgehead atoms.